The Morgan fingerprint density at radius 2 is 2.17 bits per heavy atom. The van der Waals surface area contributed by atoms with E-state index in [4.69, 9.17) is 16.7 Å². The Kier molecular flexibility index (Phi) is 4.11. The van der Waals surface area contributed by atoms with Crippen molar-refractivity contribution in [1.29, 1.82) is 0 Å². The molecule has 2 rings (SSSR count). The molecule has 1 aromatic rings. The highest BCUT2D eigenvalue weighted by Crippen LogP contribution is 2.24. The fraction of sp³-hybridized carbons (Fsp3) is 0.333. The largest absolute Gasteiger partial charge is 0.480 e. The lowest BCUT2D eigenvalue weighted by Gasteiger charge is -2.21. The van der Waals surface area contributed by atoms with Gasteiger partial charge in [0.25, 0.3) is 5.91 Å². The number of carbonyl (C=O) groups is 2. The van der Waals surface area contributed by atoms with E-state index in [1.165, 1.54) is 4.90 Å². The highest BCUT2D eigenvalue weighted by atomic mass is 127. The average Bonchev–Trinajstić information content (AvgIpc) is 2.81. The summed E-state index contributed by atoms with van der Waals surface area (Å²) in [7, 11) is 0. The van der Waals surface area contributed by atoms with Crippen molar-refractivity contribution >= 4 is 46.1 Å². The molecule has 1 amide bonds. The first-order chi connectivity index (χ1) is 8.50. The van der Waals surface area contributed by atoms with Crippen LogP contribution in [0, 0.1) is 3.57 Å². The average molecular weight is 380 g/mol. The van der Waals surface area contributed by atoms with Gasteiger partial charge in [-0.15, -0.1) is 0 Å². The molecule has 0 unspecified atom stereocenters. The van der Waals surface area contributed by atoms with Crippen LogP contribution in [0.1, 0.15) is 23.2 Å². The minimum atomic E-state index is -0.940. The van der Waals surface area contributed by atoms with E-state index in [1.807, 2.05) is 22.6 Å². The van der Waals surface area contributed by atoms with Crippen LogP contribution in [0.5, 0.6) is 0 Å². The molecule has 18 heavy (non-hydrogen) atoms. The standard InChI is InChI=1S/C12H11ClINO3/c13-8-4-3-7(6-9(8)14)11(16)15-5-1-2-10(15)12(17)18/h3-4,6,10H,1-2,5H2,(H,17,18)/t10-/m0/s1. The maximum atomic E-state index is 12.2. The van der Waals surface area contributed by atoms with Crippen molar-refractivity contribution in [3.63, 3.8) is 0 Å². The molecule has 1 aromatic carbocycles. The maximum Gasteiger partial charge on any atom is 0.326 e. The Morgan fingerprint density at radius 1 is 1.44 bits per heavy atom. The molecular formula is C12H11ClINO3. The third-order valence-electron chi connectivity index (χ3n) is 2.97. The Labute approximate surface area is 123 Å². The fourth-order valence-electron chi connectivity index (χ4n) is 2.06. The number of rotatable bonds is 2. The summed E-state index contributed by atoms with van der Waals surface area (Å²) >= 11 is 7.94. The molecular weight excluding hydrogens is 368 g/mol. The van der Waals surface area contributed by atoms with E-state index >= 15 is 0 Å². The van der Waals surface area contributed by atoms with Gasteiger partial charge in [-0.2, -0.15) is 0 Å². The molecule has 0 saturated carbocycles. The van der Waals surface area contributed by atoms with E-state index in [2.05, 4.69) is 0 Å². The summed E-state index contributed by atoms with van der Waals surface area (Å²) in [6.45, 7) is 0.495. The molecule has 1 fully saturated rings. The molecule has 1 atom stereocenters. The normalized spacial score (nSPS) is 19.0. The smallest absolute Gasteiger partial charge is 0.326 e. The number of hydrogen-bond acceptors (Lipinski definition) is 2. The van der Waals surface area contributed by atoms with Gasteiger partial charge in [0.2, 0.25) is 0 Å². The monoisotopic (exact) mass is 379 g/mol. The van der Waals surface area contributed by atoms with Crippen LogP contribution in [0.15, 0.2) is 18.2 Å². The van der Waals surface area contributed by atoms with E-state index in [-0.39, 0.29) is 5.91 Å². The molecule has 0 bridgehead atoms. The minimum Gasteiger partial charge on any atom is -0.480 e. The number of carboxylic acids is 1. The summed E-state index contributed by atoms with van der Waals surface area (Å²) in [6.07, 6.45) is 1.25. The van der Waals surface area contributed by atoms with Crippen LogP contribution >= 0.6 is 34.2 Å². The number of nitrogens with zero attached hydrogens (tertiary/aromatic N) is 1. The van der Waals surface area contributed by atoms with Crippen LogP contribution in [0.4, 0.5) is 0 Å². The lowest BCUT2D eigenvalue weighted by molar-refractivity contribution is -0.141. The molecule has 6 heteroatoms. The molecule has 1 saturated heterocycles. The van der Waals surface area contributed by atoms with Gasteiger partial charge in [0.05, 0.1) is 5.02 Å². The number of hydrogen-bond donors (Lipinski definition) is 1. The van der Waals surface area contributed by atoms with Crippen LogP contribution in [-0.4, -0.2) is 34.5 Å². The minimum absolute atomic E-state index is 0.241. The summed E-state index contributed by atoms with van der Waals surface area (Å²) < 4.78 is 0.784. The predicted octanol–water partition coefficient (Wildman–Crippen LogP) is 2.63. The zero-order valence-corrected chi connectivity index (χ0v) is 12.3. The summed E-state index contributed by atoms with van der Waals surface area (Å²) in [4.78, 5) is 24.7. The Bertz CT molecular complexity index is 506. The van der Waals surface area contributed by atoms with Gasteiger partial charge in [0, 0.05) is 15.7 Å². The topological polar surface area (TPSA) is 57.6 Å². The van der Waals surface area contributed by atoms with E-state index in [0.717, 1.165) is 9.99 Å². The number of aliphatic carboxylic acids is 1. The van der Waals surface area contributed by atoms with Gasteiger partial charge in [-0.1, -0.05) is 11.6 Å². The quantitative estimate of drug-likeness (QED) is 0.804. The second-order valence-corrected chi connectivity index (χ2v) is 5.69. The summed E-state index contributed by atoms with van der Waals surface area (Å²) in [5, 5.41) is 9.65. The third-order valence-corrected chi connectivity index (χ3v) is 4.51. The van der Waals surface area contributed by atoms with Crippen molar-refractivity contribution in [2.45, 2.75) is 18.9 Å². The highest BCUT2D eigenvalue weighted by Gasteiger charge is 2.34. The maximum absolute atomic E-state index is 12.2. The molecule has 0 aliphatic carbocycles. The van der Waals surface area contributed by atoms with Crippen molar-refractivity contribution < 1.29 is 14.7 Å². The van der Waals surface area contributed by atoms with Crippen molar-refractivity contribution in [2.24, 2.45) is 0 Å². The van der Waals surface area contributed by atoms with Crippen molar-refractivity contribution in [2.75, 3.05) is 6.54 Å². The van der Waals surface area contributed by atoms with Crippen LogP contribution < -0.4 is 0 Å². The SMILES string of the molecule is O=C(O)[C@@H]1CCCN1C(=O)c1ccc(Cl)c(I)c1. The van der Waals surface area contributed by atoms with Gasteiger partial charge in [-0.05, 0) is 53.6 Å². The molecule has 0 aromatic heterocycles. The predicted molar refractivity (Wildman–Crippen MR) is 75.9 cm³/mol. The van der Waals surface area contributed by atoms with Crippen molar-refractivity contribution in [1.82, 2.24) is 4.90 Å². The van der Waals surface area contributed by atoms with Crippen molar-refractivity contribution in [3.05, 3.63) is 32.4 Å². The Hall–Kier alpha value is -0.820. The van der Waals surface area contributed by atoms with Gasteiger partial charge >= 0.3 is 5.97 Å². The second-order valence-electron chi connectivity index (χ2n) is 4.12. The Morgan fingerprint density at radius 3 is 2.78 bits per heavy atom. The molecule has 0 radical (unpaired) electrons. The number of benzene rings is 1. The first kappa shape index (κ1) is 13.6. The number of halogens is 2. The summed E-state index contributed by atoms with van der Waals surface area (Å²) in [5.41, 5.74) is 0.483. The first-order valence-electron chi connectivity index (χ1n) is 5.49. The summed E-state index contributed by atoms with van der Waals surface area (Å²) in [5.74, 6) is -1.18. The fourth-order valence-corrected chi connectivity index (χ4v) is 2.69. The van der Waals surface area contributed by atoms with E-state index < -0.39 is 12.0 Å². The van der Waals surface area contributed by atoms with Gasteiger partial charge < -0.3 is 10.0 Å². The van der Waals surface area contributed by atoms with Crippen LogP contribution in [-0.2, 0) is 4.79 Å². The number of amides is 1. The van der Waals surface area contributed by atoms with Crippen LogP contribution in [0.2, 0.25) is 5.02 Å². The first-order valence-corrected chi connectivity index (χ1v) is 6.95. The zero-order valence-electron chi connectivity index (χ0n) is 9.40. The van der Waals surface area contributed by atoms with E-state index in [9.17, 15) is 9.59 Å². The number of likely N-dealkylation sites (tertiary alicyclic amines) is 1. The summed E-state index contributed by atoms with van der Waals surface area (Å²) in [6, 6.07) is 4.26. The second kappa shape index (κ2) is 5.44. The molecule has 1 aliphatic rings. The zero-order chi connectivity index (χ0) is 13.3. The molecule has 4 nitrogen and oxygen atoms in total. The van der Waals surface area contributed by atoms with Crippen molar-refractivity contribution in [3.8, 4) is 0 Å². The van der Waals surface area contributed by atoms with Gasteiger partial charge in [0.15, 0.2) is 0 Å². The Balaban J connectivity index is 2.25. The molecule has 1 aliphatic heterocycles. The van der Waals surface area contributed by atoms with Gasteiger partial charge in [-0.25, -0.2) is 4.79 Å². The number of carboxylic acid groups (broad SMARTS) is 1. The van der Waals surface area contributed by atoms with Crippen LogP contribution in [0.3, 0.4) is 0 Å². The highest BCUT2D eigenvalue weighted by molar-refractivity contribution is 14.1. The third kappa shape index (κ3) is 2.61. The lowest BCUT2D eigenvalue weighted by Crippen LogP contribution is -2.40. The van der Waals surface area contributed by atoms with Gasteiger partial charge in [-0.3, -0.25) is 4.79 Å². The lowest BCUT2D eigenvalue weighted by atomic mass is 10.1. The molecule has 96 valence electrons. The molecule has 1 N–H and O–H groups in total. The van der Waals surface area contributed by atoms with Crippen LogP contribution in [0.25, 0.3) is 0 Å². The van der Waals surface area contributed by atoms with Gasteiger partial charge in [0.1, 0.15) is 6.04 Å². The van der Waals surface area contributed by atoms with E-state index in [0.29, 0.717) is 23.6 Å². The molecule has 1 heterocycles. The van der Waals surface area contributed by atoms with E-state index in [1.54, 1.807) is 18.2 Å². The number of carbonyl (C=O) groups excluding carboxylic acids is 1. The molecule has 0 spiro atoms.